The molecule has 0 atom stereocenters. The van der Waals surface area contributed by atoms with E-state index in [-0.39, 0.29) is 10.6 Å². The molecule has 1 amide bonds. The van der Waals surface area contributed by atoms with Crippen molar-refractivity contribution in [2.75, 3.05) is 20.8 Å². The zero-order valence-electron chi connectivity index (χ0n) is 16.3. The van der Waals surface area contributed by atoms with Gasteiger partial charge in [-0.15, -0.1) is 0 Å². The predicted molar refractivity (Wildman–Crippen MR) is 109 cm³/mol. The smallest absolute Gasteiger partial charge is 0.271 e. The highest BCUT2D eigenvalue weighted by molar-refractivity contribution is 7.90. The quantitative estimate of drug-likeness (QED) is 0.638. The average Bonchev–Trinajstić information content (AvgIpc) is 2.71. The van der Waals surface area contributed by atoms with Crippen LogP contribution < -0.4 is 18.9 Å². The molecule has 0 aliphatic carbocycles. The second-order valence-corrected chi connectivity index (χ2v) is 8.00. The van der Waals surface area contributed by atoms with Gasteiger partial charge in [-0.2, -0.15) is 0 Å². The van der Waals surface area contributed by atoms with Crippen molar-refractivity contribution in [2.24, 2.45) is 0 Å². The molecule has 0 aliphatic heterocycles. The van der Waals surface area contributed by atoms with E-state index in [1.807, 2.05) is 35.9 Å². The van der Waals surface area contributed by atoms with Gasteiger partial charge in [-0.1, -0.05) is 29.8 Å². The molecule has 152 valence electrons. The molecule has 1 N–H and O–H groups in total. The molecule has 3 rings (SSSR count). The summed E-state index contributed by atoms with van der Waals surface area (Å²) in [5.74, 6) is 0.0760. The summed E-state index contributed by atoms with van der Waals surface area (Å²) >= 11 is 0. The number of nitrogens with one attached hydrogen (secondary N) is 1. The highest BCUT2D eigenvalue weighted by Gasteiger charge is 2.23. The second-order valence-electron chi connectivity index (χ2n) is 6.35. The van der Waals surface area contributed by atoms with Crippen molar-refractivity contribution in [3.63, 3.8) is 0 Å². The van der Waals surface area contributed by atoms with Crippen LogP contribution in [0.5, 0.6) is 17.2 Å². The Kier molecular flexibility index (Phi) is 5.93. The van der Waals surface area contributed by atoms with Crippen molar-refractivity contribution in [3.8, 4) is 17.2 Å². The number of carbonyl (C=O) groups excluding carboxylic acids is 1. The lowest BCUT2D eigenvalue weighted by Gasteiger charge is -2.12. The van der Waals surface area contributed by atoms with E-state index in [4.69, 9.17) is 14.2 Å². The number of carbonyl (C=O) groups is 1. The number of sulfonamides is 1. The topological polar surface area (TPSA) is 90.9 Å². The van der Waals surface area contributed by atoms with Crippen molar-refractivity contribution < 1.29 is 27.4 Å². The fourth-order valence-corrected chi connectivity index (χ4v) is 3.97. The largest absolute Gasteiger partial charge is 0.497 e. The lowest BCUT2D eigenvalue weighted by molar-refractivity contribution is -0.121. The molecular formula is C21H21NO6S. The minimum absolute atomic E-state index is 0.0944. The van der Waals surface area contributed by atoms with Gasteiger partial charge >= 0.3 is 0 Å². The Hall–Kier alpha value is -3.26. The van der Waals surface area contributed by atoms with E-state index < -0.39 is 22.5 Å². The Morgan fingerprint density at radius 1 is 0.897 bits per heavy atom. The first-order valence-corrected chi connectivity index (χ1v) is 10.2. The molecule has 3 aromatic carbocycles. The molecule has 8 heteroatoms. The lowest BCUT2D eigenvalue weighted by atomic mass is 10.1. The maximum absolute atomic E-state index is 12.6. The Balaban J connectivity index is 1.72. The molecule has 0 saturated carbocycles. The third-order valence-electron chi connectivity index (χ3n) is 4.25. The van der Waals surface area contributed by atoms with E-state index in [1.165, 1.54) is 26.4 Å². The summed E-state index contributed by atoms with van der Waals surface area (Å²) in [6, 6.07) is 15.7. The highest BCUT2D eigenvalue weighted by atomic mass is 32.2. The van der Waals surface area contributed by atoms with Gasteiger partial charge in [0.05, 0.1) is 14.2 Å². The summed E-state index contributed by atoms with van der Waals surface area (Å²) in [5.41, 5.74) is 1.10. The number of hydrogen-bond donors (Lipinski definition) is 1. The van der Waals surface area contributed by atoms with Gasteiger partial charge in [0.2, 0.25) is 0 Å². The fourth-order valence-electron chi connectivity index (χ4n) is 2.81. The molecule has 0 spiro atoms. The van der Waals surface area contributed by atoms with Crippen LogP contribution in [0.1, 0.15) is 5.56 Å². The maximum atomic E-state index is 12.6. The molecule has 0 heterocycles. The molecule has 0 fully saturated rings. The summed E-state index contributed by atoms with van der Waals surface area (Å²) in [6.07, 6.45) is 0. The van der Waals surface area contributed by atoms with Crippen molar-refractivity contribution in [1.29, 1.82) is 0 Å². The Morgan fingerprint density at radius 2 is 1.62 bits per heavy atom. The van der Waals surface area contributed by atoms with Crippen molar-refractivity contribution in [1.82, 2.24) is 4.72 Å². The molecule has 29 heavy (non-hydrogen) atoms. The van der Waals surface area contributed by atoms with Crippen LogP contribution in [0.2, 0.25) is 0 Å². The van der Waals surface area contributed by atoms with E-state index in [2.05, 4.69) is 0 Å². The van der Waals surface area contributed by atoms with Crippen LogP contribution in [0.15, 0.2) is 59.5 Å². The Morgan fingerprint density at radius 3 is 2.34 bits per heavy atom. The molecule has 0 saturated heterocycles. The first-order chi connectivity index (χ1) is 13.8. The average molecular weight is 415 g/mol. The molecule has 7 nitrogen and oxygen atoms in total. The van der Waals surface area contributed by atoms with E-state index in [1.54, 1.807) is 18.2 Å². The van der Waals surface area contributed by atoms with Crippen LogP contribution in [0.3, 0.4) is 0 Å². The third-order valence-corrected chi connectivity index (χ3v) is 5.64. The first-order valence-electron chi connectivity index (χ1n) is 8.73. The van der Waals surface area contributed by atoms with Crippen LogP contribution in [-0.4, -0.2) is 35.2 Å². The van der Waals surface area contributed by atoms with Crippen LogP contribution >= 0.6 is 0 Å². The molecule has 3 aromatic rings. The van der Waals surface area contributed by atoms with Gasteiger partial charge in [0.25, 0.3) is 15.9 Å². The molecule has 0 aliphatic rings. The summed E-state index contributed by atoms with van der Waals surface area (Å²) in [5, 5.41) is 2.01. The maximum Gasteiger partial charge on any atom is 0.271 e. The summed E-state index contributed by atoms with van der Waals surface area (Å²) in [4.78, 5) is 12.0. The molecule has 0 unspecified atom stereocenters. The van der Waals surface area contributed by atoms with Gasteiger partial charge in [-0.25, -0.2) is 13.1 Å². The second kappa shape index (κ2) is 8.40. The van der Waals surface area contributed by atoms with Crippen molar-refractivity contribution in [3.05, 3.63) is 60.2 Å². The lowest BCUT2D eigenvalue weighted by Crippen LogP contribution is -2.34. The number of benzene rings is 3. The van der Waals surface area contributed by atoms with Crippen LogP contribution in [0.25, 0.3) is 10.8 Å². The monoisotopic (exact) mass is 415 g/mol. The molecule has 0 radical (unpaired) electrons. The van der Waals surface area contributed by atoms with Gasteiger partial charge in [0.15, 0.2) is 6.61 Å². The number of aryl methyl sites for hydroxylation is 1. The normalized spacial score (nSPS) is 11.1. The molecular weight excluding hydrogens is 394 g/mol. The van der Waals surface area contributed by atoms with Gasteiger partial charge in [-0.3, -0.25) is 4.79 Å². The minimum atomic E-state index is -4.16. The number of amides is 1. The Bertz CT molecular complexity index is 1160. The first kappa shape index (κ1) is 20.5. The standard InChI is InChI=1S/C21H21NO6S/c1-14-4-5-15-6-7-18(11-16(15)10-14)28-13-21(23)22-29(24,25)20-12-17(26-2)8-9-19(20)27-3/h4-12H,13H2,1-3H3,(H,22,23). The van der Waals surface area contributed by atoms with E-state index in [9.17, 15) is 13.2 Å². The zero-order chi connectivity index (χ0) is 21.0. The van der Waals surface area contributed by atoms with E-state index >= 15 is 0 Å². The van der Waals surface area contributed by atoms with E-state index in [0.717, 1.165) is 16.3 Å². The van der Waals surface area contributed by atoms with Crippen LogP contribution in [-0.2, 0) is 14.8 Å². The van der Waals surface area contributed by atoms with Crippen LogP contribution in [0, 0.1) is 6.92 Å². The predicted octanol–water partition coefficient (Wildman–Crippen LogP) is 3.05. The van der Waals surface area contributed by atoms with Gasteiger partial charge in [0, 0.05) is 6.07 Å². The zero-order valence-corrected chi connectivity index (χ0v) is 17.1. The minimum Gasteiger partial charge on any atom is -0.497 e. The number of fused-ring (bicyclic) bond motifs is 1. The number of rotatable bonds is 7. The van der Waals surface area contributed by atoms with Gasteiger partial charge in [-0.05, 0) is 42.0 Å². The summed E-state index contributed by atoms with van der Waals surface area (Å²) in [6.45, 7) is 1.53. The number of methoxy groups -OCH3 is 2. The van der Waals surface area contributed by atoms with Crippen molar-refractivity contribution in [2.45, 2.75) is 11.8 Å². The van der Waals surface area contributed by atoms with E-state index in [0.29, 0.717) is 11.5 Å². The van der Waals surface area contributed by atoms with Gasteiger partial charge < -0.3 is 14.2 Å². The number of hydrogen-bond acceptors (Lipinski definition) is 6. The van der Waals surface area contributed by atoms with Crippen molar-refractivity contribution >= 4 is 26.7 Å². The summed E-state index contributed by atoms with van der Waals surface area (Å²) in [7, 11) is -1.41. The highest BCUT2D eigenvalue weighted by Crippen LogP contribution is 2.28. The van der Waals surface area contributed by atoms with Crippen LogP contribution in [0.4, 0.5) is 0 Å². The SMILES string of the molecule is COc1ccc(OC)c(S(=O)(=O)NC(=O)COc2ccc3ccc(C)cc3c2)c1. The number of ether oxygens (including phenoxy) is 3. The Labute approximate surface area is 169 Å². The molecule has 0 aromatic heterocycles. The third kappa shape index (κ3) is 4.78. The fraction of sp³-hybridized carbons (Fsp3) is 0.190. The summed E-state index contributed by atoms with van der Waals surface area (Å²) < 4.78 is 42.8. The molecule has 0 bridgehead atoms. The van der Waals surface area contributed by atoms with Gasteiger partial charge in [0.1, 0.15) is 22.1 Å².